The number of nitriles is 1. The van der Waals surface area contributed by atoms with Crippen LogP contribution in [0.5, 0.6) is 0 Å². The molecule has 1 aromatic rings. The van der Waals surface area contributed by atoms with Gasteiger partial charge >= 0.3 is 0 Å². The minimum absolute atomic E-state index is 0.0456. The van der Waals surface area contributed by atoms with Crippen LogP contribution in [0.25, 0.3) is 0 Å². The Morgan fingerprint density at radius 1 is 1.55 bits per heavy atom. The number of carbonyl (C=O) groups is 1. The van der Waals surface area contributed by atoms with Gasteiger partial charge in [-0.25, -0.2) is 4.98 Å². The molecular formula is C15H20N4O2S. The van der Waals surface area contributed by atoms with E-state index in [0.29, 0.717) is 18.1 Å². The molecule has 3 rings (SSSR count). The van der Waals surface area contributed by atoms with Gasteiger partial charge in [-0.2, -0.15) is 5.26 Å². The molecule has 0 spiro atoms. The number of ether oxygens (including phenoxy) is 1. The molecule has 22 heavy (non-hydrogen) atoms. The summed E-state index contributed by atoms with van der Waals surface area (Å²) in [7, 11) is 0. The van der Waals surface area contributed by atoms with Crippen LogP contribution in [0, 0.1) is 17.4 Å². The topological polar surface area (TPSA) is 78.2 Å². The summed E-state index contributed by atoms with van der Waals surface area (Å²) in [6.07, 6.45) is 8.08. The number of likely N-dealkylation sites (tertiary alicyclic amines) is 1. The lowest BCUT2D eigenvalue weighted by molar-refractivity contribution is -0.120. The number of anilines is 1. The molecule has 3 heterocycles. The number of carbonyl (C=O) groups excluding carboxylic acids is 1. The number of amides is 1. The van der Waals surface area contributed by atoms with E-state index in [-0.39, 0.29) is 24.0 Å². The maximum Gasteiger partial charge on any atom is 0.231 e. The third-order valence-electron chi connectivity index (χ3n) is 4.47. The second kappa shape index (κ2) is 6.63. The van der Waals surface area contributed by atoms with Gasteiger partial charge in [0.2, 0.25) is 5.91 Å². The van der Waals surface area contributed by atoms with Gasteiger partial charge in [-0.15, -0.1) is 0 Å². The van der Waals surface area contributed by atoms with Crippen LogP contribution in [0.4, 0.5) is 5.13 Å². The molecule has 0 radical (unpaired) electrons. The summed E-state index contributed by atoms with van der Waals surface area (Å²) in [5, 5.41) is 12.5. The predicted octanol–water partition coefficient (Wildman–Crippen LogP) is 2.51. The van der Waals surface area contributed by atoms with Crippen molar-refractivity contribution in [3.05, 3.63) is 11.1 Å². The fraction of sp³-hybridized carbons (Fsp3) is 0.667. The van der Waals surface area contributed by atoms with Crippen molar-refractivity contribution in [3.8, 4) is 6.19 Å². The molecule has 1 N–H and O–H groups in total. The number of nitrogens with zero attached hydrogens (tertiary/aromatic N) is 3. The van der Waals surface area contributed by atoms with Crippen LogP contribution in [0.1, 0.15) is 43.6 Å². The Labute approximate surface area is 134 Å². The van der Waals surface area contributed by atoms with Crippen molar-refractivity contribution in [2.24, 2.45) is 5.92 Å². The number of aromatic nitrogens is 1. The third kappa shape index (κ3) is 3.08. The smallest absolute Gasteiger partial charge is 0.231 e. The molecule has 0 bridgehead atoms. The molecule has 2 saturated heterocycles. The molecule has 2 fully saturated rings. The molecule has 1 aromatic heterocycles. The van der Waals surface area contributed by atoms with Gasteiger partial charge in [0.1, 0.15) is 0 Å². The molecular weight excluding hydrogens is 300 g/mol. The number of rotatable bonds is 3. The molecule has 1 unspecified atom stereocenters. The van der Waals surface area contributed by atoms with Gasteiger partial charge in [0.05, 0.1) is 16.9 Å². The Kier molecular flexibility index (Phi) is 4.60. The fourth-order valence-electron chi connectivity index (χ4n) is 3.09. The number of hydrogen-bond acceptors (Lipinski definition) is 6. The van der Waals surface area contributed by atoms with Crippen LogP contribution in [0.15, 0.2) is 6.20 Å². The summed E-state index contributed by atoms with van der Waals surface area (Å²) >= 11 is 1.49. The normalized spacial score (nSPS) is 28.4. The van der Waals surface area contributed by atoms with Crippen LogP contribution in [0.3, 0.4) is 0 Å². The Hall–Kier alpha value is -1.65. The van der Waals surface area contributed by atoms with Gasteiger partial charge in [-0.1, -0.05) is 11.3 Å². The molecule has 0 saturated carbocycles. The number of nitrogens with one attached hydrogen (secondary N) is 1. The lowest BCUT2D eigenvalue weighted by Crippen LogP contribution is -2.32. The van der Waals surface area contributed by atoms with Gasteiger partial charge in [0.25, 0.3) is 0 Å². The molecule has 2 aliphatic heterocycles. The van der Waals surface area contributed by atoms with E-state index in [0.717, 1.165) is 24.3 Å². The second-order valence-corrected chi connectivity index (χ2v) is 6.90. The lowest BCUT2D eigenvalue weighted by atomic mass is 10.0. The Morgan fingerprint density at radius 2 is 2.41 bits per heavy atom. The molecule has 0 aliphatic carbocycles. The quantitative estimate of drug-likeness (QED) is 0.866. The van der Waals surface area contributed by atoms with Crippen LogP contribution < -0.4 is 5.32 Å². The second-order valence-electron chi connectivity index (χ2n) is 5.84. The van der Waals surface area contributed by atoms with Crippen LogP contribution in [-0.4, -0.2) is 35.0 Å². The first-order valence-corrected chi connectivity index (χ1v) is 8.55. The molecule has 6 nitrogen and oxygen atoms in total. The van der Waals surface area contributed by atoms with E-state index in [1.165, 1.54) is 17.8 Å². The molecule has 118 valence electrons. The molecule has 0 aromatic carbocycles. The van der Waals surface area contributed by atoms with Gasteiger partial charge < -0.3 is 15.0 Å². The monoisotopic (exact) mass is 320 g/mol. The van der Waals surface area contributed by atoms with E-state index in [1.807, 2.05) is 6.92 Å². The highest BCUT2D eigenvalue weighted by molar-refractivity contribution is 7.15. The van der Waals surface area contributed by atoms with Crippen molar-refractivity contribution < 1.29 is 9.53 Å². The van der Waals surface area contributed by atoms with E-state index < -0.39 is 0 Å². The molecule has 7 heteroatoms. The van der Waals surface area contributed by atoms with Crippen molar-refractivity contribution in [3.63, 3.8) is 0 Å². The fourth-order valence-corrected chi connectivity index (χ4v) is 3.99. The van der Waals surface area contributed by atoms with E-state index >= 15 is 0 Å². The first-order chi connectivity index (χ1) is 10.7. The first kappa shape index (κ1) is 15.3. The molecule has 2 aliphatic rings. The van der Waals surface area contributed by atoms with E-state index in [4.69, 9.17) is 10.00 Å². The average Bonchev–Trinajstić information content (AvgIpc) is 3.14. The summed E-state index contributed by atoms with van der Waals surface area (Å²) in [5.41, 5.74) is 0. The maximum atomic E-state index is 12.4. The standard InChI is InChI=1S/C15H20N4O2S/c1-10-11(5-6-19(10)9-16)14(20)18-15-17-8-13(22-15)12-4-2-3-7-21-12/h8,10-12H,2-7H2,1H3,(H,17,18,20)/t10-,11-,12?/m0/s1. The highest BCUT2D eigenvalue weighted by Gasteiger charge is 2.35. The van der Waals surface area contributed by atoms with Crippen LogP contribution in [-0.2, 0) is 9.53 Å². The Balaban J connectivity index is 1.60. The summed E-state index contributed by atoms with van der Waals surface area (Å²) in [4.78, 5) is 19.4. The van der Waals surface area contributed by atoms with E-state index in [1.54, 1.807) is 11.1 Å². The maximum absolute atomic E-state index is 12.4. The van der Waals surface area contributed by atoms with Crippen molar-refractivity contribution in [2.45, 2.75) is 44.8 Å². The van der Waals surface area contributed by atoms with Gasteiger partial charge in [-0.3, -0.25) is 4.79 Å². The Morgan fingerprint density at radius 3 is 3.09 bits per heavy atom. The average molecular weight is 320 g/mol. The van der Waals surface area contributed by atoms with Gasteiger partial charge in [0, 0.05) is 25.4 Å². The molecule has 1 amide bonds. The van der Waals surface area contributed by atoms with Crippen molar-refractivity contribution in [1.82, 2.24) is 9.88 Å². The number of thiazole rings is 1. The van der Waals surface area contributed by atoms with Gasteiger partial charge in [-0.05, 0) is 32.6 Å². The summed E-state index contributed by atoms with van der Waals surface area (Å²) in [6, 6.07) is -0.0499. The zero-order chi connectivity index (χ0) is 15.5. The SMILES string of the molecule is C[C@H]1[C@@H](C(=O)Nc2ncc(C3CCCCO3)s2)CCN1C#N. The summed E-state index contributed by atoms with van der Waals surface area (Å²) < 4.78 is 5.74. The molecule has 3 atom stereocenters. The van der Waals surface area contributed by atoms with Crippen molar-refractivity contribution in [1.29, 1.82) is 5.26 Å². The zero-order valence-corrected chi connectivity index (χ0v) is 13.4. The van der Waals surface area contributed by atoms with E-state index in [2.05, 4.69) is 16.5 Å². The minimum Gasteiger partial charge on any atom is -0.373 e. The third-order valence-corrected chi connectivity index (χ3v) is 5.48. The minimum atomic E-state index is -0.155. The highest BCUT2D eigenvalue weighted by atomic mass is 32.1. The van der Waals surface area contributed by atoms with Crippen LogP contribution in [0.2, 0.25) is 0 Å². The lowest BCUT2D eigenvalue weighted by Gasteiger charge is -2.20. The summed E-state index contributed by atoms with van der Waals surface area (Å²) in [6.45, 7) is 3.37. The Bertz CT molecular complexity index is 576. The van der Waals surface area contributed by atoms with Crippen molar-refractivity contribution in [2.75, 3.05) is 18.5 Å². The first-order valence-electron chi connectivity index (χ1n) is 7.73. The number of hydrogen-bond donors (Lipinski definition) is 1. The summed E-state index contributed by atoms with van der Waals surface area (Å²) in [5.74, 6) is -0.200. The highest BCUT2D eigenvalue weighted by Crippen LogP contribution is 2.33. The van der Waals surface area contributed by atoms with Gasteiger partial charge in [0.15, 0.2) is 11.3 Å². The van der Waals surface area contributed by atoms with Crippen LogP contribution >= 0.6 is 11.3 Å². The largest absolute Gasteiger partial charge is 0.373 e. The van der Waals surface area contributed by atoms with Crippen molar-refractivity contribution >= 4 is 22.4 Å². The van der Waals surface area contributed by atoms with E-state index in [9.17, 15) is 4.79 Å². The predicted molar refractivity (Wildman–Crippen MR) is 83.2 cm³/mol. The zero-order valence-electron chi connectivity index (χ0n) is 12.6.